The smallest absolute Gasteiger partial charge is 0.159 e. The molecule has 1 aliphatic rings. The Kier molecular flexibility index (Phi) is 4.31. The molecule has 1 saturated carbocycles. The zero-order chi connectivity index (χ0) is 13.0. The molecular weight excluding hydrogens is 228 g/mol. The van der Waals surface area contributed by atoms with Crippen LogP contribution in [0.1, 0.15) is 30.1 Å². The van der Waals surface area contributed by atoms with Gasteiger partial charge < -0.3 is 9.64 Å². The van der Waals surface area contributed by atoms with E-state index in [2.05, 4.69) is 4.98 Å². The summed E-state index contributed by atoms with van der Waals surface area (Å²) in [5.74, 6) is 1.68. The lowest BCUT2D eigenvalue weighted by molar-refractivity contribution is 0.101. The molecule has 18 heavy (non-hydrogen) atoms. The minimum absolute atomic E-state index is 0.0667. The van der Waals surface area contributed by atoms with Gasteiger partial charge in [-0.25, -0.2) is 4.98 Å². The zero-order valence-electron chi connectivity index (χ0n) is 11.1. The fraction of sp³-hybridized carbons (Fsp3) is 0.571. The van der Waals surface area contributed by atoms with E-state index < -0.39 is 0 Å². The number of ketones is 1. The molecule has 0 aromatic carbocycles. The van der Waals surface area contributed by atoms with E-state index in [1.807, 2.05) is 18.0 Å². The Morgan fingerprint density at radius 2 is 2.33 bits per heavy atom. The Balaban J connectivity index is 1.81. The van der Waals surface area contributed by atoms with Crippen molar-refractivity contribution in [2.24, 2.45) is 5.92 Å². The lowest BCUT2D eigenvalue weighted by Gasteiger charge is -2.18. The average Bonchev–Trinajstić information content (AvgIpc) is 3.18. The number of Topliss-reactive ketones (excluding diaryl/α,β-unsaturated/α-hetero) is 1. The topological polar surface area (TPSA) is 42.4 Å². The van der Waals surface area contributed by atoms with E-state index in [1.54, 1.807) is 19.2 Å². The molecule has 1 fully saturated rings. The molecule has 0 amide bonds. The molecule has 1 heterocycles. The number of hydrogen-bond donors (Lipinski definition) is 0. The first kappa shape index (κ1) is 13.0. The second-order valence-electron chi connectivity index (χ2n) is 4.90. The standard InChI is InChI=1S/C14H20N2O2/c1-11(17)13-5-6-15-14(9-13)16(2)7-8-18-10-12-3-4-12/h5-6,9,12H,3-4,7-8,10H2,1-2H3. The molecule has 0 spiro atoms. The van der Waals surface area contributed by atoms with Gasteiger partial charge in [0.05, 0.1) is 6.61 Å². The van der Waals surface area contributed by atoms with Crippen molar-refractivity contribution < 1.29 is 9.53 Å². The maximum absolute atomic E-state index is 11.3. The monoisotopic (exact) mass is 248 g/mol. The lowest BCUT2D eigenvalue weighted by Crippen LogP contribution is -2.24. The number of likely N-dealkylation sites (N-methyl/N-ethyl adjacent to an activating group) is 1. The largest absolute Gasteiger partial charge is 0.379 e. The number of hydrogen-bond acceptors (Lipinski definition) is 4. The van der Waals surface area contributed by atoms with Crippen LogP contribution in [-0.4, -0.2) is 37.6 Å². The summed E-state index contributed by atoms with van der Waals surface area (Å²) < 4.78 is 5.59. The number of carbonyl (C=O) groups excluding carboxylic acids is 1. The third-order valence-electron chi connectivity index (χ3n) is 3.16. The lowest BCUT2D eigenvalue weighted by atomic mass is 10.2. The van der Waals surface area contributed by atoms with Gasteiger partial charge in [0, 0.05) is 32.0 Å². The molecule has 4 heteroatoms. The van der Waals surface area contributed by atoms with Gasteiger partial charge in [0.15, 0.2) is 5.78 Å². The summed E-state index contributed by atoms with van der Waals surface area (Å²) in [6.45, 7) is 3.95. The van der Waals surface area contributed by atoms with Crippen LogP contribution < -0.4 is 4.90 Å². The zero-order valence-corrected chi connectivity index (χ0v) is 11.1. The van der Waals surface area contributed by atoms with E-state index in [-0.39, 0.29) is 5.78 Å². The second-order valence-corrected chi connectivity index (χ2v) is 4.90. The highest BCUT2D eigenvalue weighted by atomic mass is 16.5. The number of aromatic nitrogens is 1. The van der Waals surface area contributed by atoms with Gasteiger partial charge in [-0.15, -0.1) is 0 Å². The molecule has 0 bridgehead atoms. The van der Waals surface area contributed by atoms with Gasteiger partial charge in [0.1, 0.15) is 5.82 Å². The molecule has 4 nitrogen and oxygen atoms in total. The summed E-state index contributed by atoms with van der Waals surface area (Å²) in [5, 5.41) is 0. The van der Waals surface area contributed by atoms with Crippen molar-refractivity contribution in [2.75, 3.05) is 31.7 Å². The van der Waals surface area contributed by atoms with Crippen LogP contribution in [0.5, 0.6) is 0 Å². The maximum Gasteiger partial charge on any atom is 0.159 e. The number of rotatable bonds is 7. The highest BCUT2D eigenvalue weighted by Crippen LogP contribution is 2.28. The first-order valence-corrected chi connectivity index (χ1v) is 6.42. The van der Waals surface area contributed by atoms with E-state index in [0.717, 1.165) is 24.9 Å². The van der Waals surface area contributed by atoms with E-state index in [1.165, 1.54) is 12.8 Å². The van der Waals surface area contributed by atoms with E-state index in [0.29, 0.717) is 12.2 Å². The van der Waals surface area contributed by atoms with Crippen molar-refractivity contribution in [3.05, 3.63) is 23.9 Å². The number of pyridine rings is 1. The molecule has 0 radical (unpaired) electrons. The minimum Gasteiger partial charge on any atom is -0.379 e. The molecule has 1 aliphatic carbocycles. The van der Waals surface area contributed by atoms with Crippen LogP contribution in [0, 0.1) is 5.92 Å². The molecule has 0 unspecified atom stereocenters. The van der Waals surface area contributed by atoms with Crippen LogP contribution >= 0.6 is 0 Å². The molecule has 2 rings (SSSR count). The predicted molar refractivity (Wildman–Crippen MR) is 71.1 cm³/mol. The van der Waals surface area contributed by atoms with Crippen molar-refractivity contribution in [3.8, 4) is 0 Å². The Morgan fingerprint density at radius 1 is 1.56 bits per heavy atom. The Morgan fingerprint density at radius 3 is 3.00 bits per heavy atom. The van der Waals surface area contributed by atoms with Gasteiger partial charge in [-0.1, -0.05) is 0 Å². The van der Waals surface area contributed by atoms with Crippen LogP contribution in [0.3, 0.4) is 0 Å². The summed E-state index contributed by atoms with van der Waals surface area (Å²) in [6, 6.07) is 3.56. The van der Waals surface area contributed by atoms with Gasteiger partial charge >= 0.3 is 0 Å². The van der Waals surface area contributed by atoms with Crippen LogP contribution in [0.15, 0.2) is 18.3 Å². The summed E-state index contributed by atoms with van der Waals surface area (Å²) >= 11 is 0. The fourth-order valence-electron chi connectivity index (χ4n) is 1.70. The quantitative estimate of drug-likeness (QED) is 0.547. The Labute approximate surface area is 108 Å². The minimum atomic E-state index is 0.0667. The molecule has 0 atom stereocenters. The van der Waals surface area contributed by atoms with E-state index in [9.17, 15) is 4.79 Å². The van der Waals surface area contributed by atoms with Crippen LogP contribution in [-0.2, 0) is 4.74 Å². The summed E-state index contributed by atoms with van der Waals surface area (Å²) in [5.41, 5.74) is 0.700. The maximum atomic E-state index is 11.3. The number of ether oxygens (including phenoxy) is 1. The first-order valence-electron chi connectivity index (χ1n) is 6.42. The van der Waals surface area contributed by atoms with Crippen molar-refractivity contribution in [2.45, 2.75) is 19.8 Å². The third-order valence-corrected chi connectivity index (χ3v) is 3.16. The molecule has 0 saturated heterocycles. The molecule has 0 N–H and O–H groups in total. The Bertz CT molecular complexity index is 416. The van der Waals surface area contributed by atoms with Gasteiger partial charge in [-0.3, -0.25) is 4.79 Å². The molecule has 98 valence electrons. The van der Waals surface area contributed by atoms with Gasteiger partial charge in [0.25, 0.3) is 0 Å². The molecular formula is C14H20N2O2. The fourth-order valence-corrected chi connectivity index (χ4v) is 1.70. The normalized spacial score (nSPS) is 14.6. The SMILES string of the molecule is CC(=O)c1ccnc(N(C)CCOCC2CC2)c1. The summed E-state index contributed by atoms with van der Waals surface area (Å²) in [4.78, 5) is 17.6. The summed E-state index contributed by atoms with van der Waals surface area (Å²) in [6.07, 6.45) is 4.31. The van der Waals surface area contributed by atoms with Gasteiger partial charge in [-0.05, 0) is 37.8 Å². The summed E-state index contributed by atoms with van der Waals surface area (Å²) in [7, 11) is 1.97. The Hall–Kier alpha value is -1.42. The van der Waals surface area contributed by atoms with Crippen LogP contribution in [0.2, 0.25) is 0 Å². The second kappa shape index (κ2) is 5.96. The van der Waals surface area contributed by atoms with Crippen LogP contribution in [0.25, 0.3) is 0 Å². The van der Waals surface area contributed by atoms with Crippen molar-refractivity contribution >= 4 is 11.6 Å². The molecule has 0 aliphatic heterocycles. The van der Waals surface area contributed by atoms with Gasteiger partial charge in [0.2, 0.25) is 0 Å². The van der Waals surface area contributed by atoms with E-state index >= 15 is 0 Å². The molecule has 1 aromatic heterocycles. The van der Waals surface area contributed by atoms with E-state index in [4.69, 9.17) is 4.74 Å². The number of anilines is 1. The highest BCUT2D eigenvalue weighted by Gasteiger charge is 2.21. The predicted octanol–water partition coefficient (Wildman–Crippen LogP) is 2.15. The highest BCUT2D eigenvalue weighted by molar-refractivity contribution is 5.94. The first-order chi connectivity index (χ1) is 8.66. The number of carbonyl (C=O) groups is 1. The average molecular weight is 248 g/mol. The van der Waals surface area contributed by atoms with Crippen molar-refractivity contribution in [1.29, 1.82) is 0 Å². The van der Waals surface area contributed by atoms with Crippen molar-refractivity contribution in [1.82, 2.24) is 4.98 Å². The van der Waals surface area contributed by atoms with Gasteiger partial charge in [-0.2, -0.15) is 0 Å². The molecule has 1 aromatic rings. The third kappa shape index (κ3) is 3.81. The van der Waals surface area contributed by atoms with Crippen LogP contribution in [0.4, 0.5) is 5.82 Å². The van der Waals surface area contributed by atoms with Crippen molar-refractivity contribution in [3.63, 3.8) is 0 Å². The number of nitrogens with zero attached hydrogens (tertiary/aromatic N) is 2.